The van der Waals surface area contributed by atoms with Gasteiger partial charge in [-0.3, -0.25) is 0 Å². The first-order valence-corrected chi connectivity index (χ1v) is 16.1. The van der Waals surface area contributed by atoms with Crippen molar-refractivity contribution in [3.8, 4) is 45.3 Å². The number of benzene rings is 6. The zero-order chi connectivity index (χ0) is 30.9. The Morgan fingerprint density at radius 1 is 0.478 bits per heavy atom. The van der Waals surface area contributed by atoms with Crippen molar-refractivity contribution < 1.29 is 4.42 Å². The van der Waals surface area contributed by atoms with Crippen LogP contribution in [0, 0.1) is 0 Å². The third-order valence-electron chi connectivity index (χ3n) is 8.02. The lowest BCUT2D eigenvalue weighted by Gasteiger charge is -2.09. The summed E-state index contributed by atoms with van der Waals surface area (Å²) in [6.45, 7) is 0. The van der Waals surface area contributed by atoms with Crippen LogP contribution in [0.4, 0.5) is 5.69 Å². The fourth-order valence-corrected chi connectivity index (χ4v) is 6.54. The Labute approximate surface area is 270 Å². The molecule has 6 aromatic carbocycles. The van der Waals surface area contributed by atoms with E-state index in [0.717, 1.165) is 66.1 Å². The SMILES string of the molecule is Nc1cc2c(cc1SCc1ccccc1)oc1cc(-c3nc(-c4ccccc4)nc(-c4ccc(-c5ccccc5)cc4)n3)ccc12. The van der Waals surface area contributed by atoms with Gasteiger partial charge < -0.3 is 10.2 Å². The average Bonchev–Trinajstić information content (AvgIpc) is 3.48. The molecule has 0 saturated carbocycles. The minimum Gasteiger partial charge on any atom is -0.456 e. The Hall–Kier alpha value is -5.72. The Bertz CT molecular complexity index is 2300. The van der Waals surface area contributed by atoms with Gasteiger partial charge in [0.05, 0.1) is 0 Å². The maximum absolute atomic E-state index is 6.52. The van der Waals surface area contributed by atoms with Crippen LogP contribution in [0.15, 0.2) is 155 Å². The third-order valence-corrected chi connectivity index (χ3v) is 9.16. The number of hydrogen-bond donors (Lipinski definition) is 1. The third kappa shape index (κ3) is 5.51. The van der Waals surface area contributed by atoms with Crippen molar-refractivity contribution in [3.63, 3.8) is 0 Å². The van der Waals surface area contributed by atoms with Crippen molar-refractivity contribution in [1.29, 1.82) is 0 Å². The summed E-state index contributed by atoms with van der Waals surface area (Å²) in [5.41, 5.74) is 15.1. The minimum absolute atomic E-state index is 0.581. The normalized spacial score (nSPS) is 11.3. The van der Waals surface area contributed by atoms with Gasteiger partial charge in [0.15, 0.2) is 17.5 Å². The molecule has 8 rings (SSSR count). The smallest absolute Gasteiger partial charge is 0.164 e. The molecule has 0 fully saturated rings. The molecule has 5 nitrogen and oxygen atoms in total. The number of rotatable bonds is 7. The number of anilines is 1. The molecule has 46 heavy (non-hydrogen) atoms. The van der Waals surface area contributed by atoms with Crippen LogP contribution in [-0.4, -0.2) is 15.0 Å². The van der Waals surface area contributed by atoms with E-state index in [-0.39, 0.29) is 0 Å². The molecular formula is C40H28N4OS. The monoisotopic (exact) mass is 612 g/mol. The molecule has 0 atom stereocenters. The Kier molecular flexibility index (Phi) is 7.25. The zero-order valence-electron chi connectivity index (χ0n) is 24.8. The van der Waals surface area contributed by atoms with Crippen LogP contribution in [0.25, 0.3) is 67.2 Å². The van der Waals surface area contributed by atoms with E-state index < -0.39 is 0 Å². The Morgan fingerprint density at radius 3 is 1.65 bits per heavy atom. The van der Waals surface area contributed by atoms with Gasteiger partial charge in [-0.1, -0.05) is 121 Å². The zero-order valence-corrected chi connectivity index (χ0v) is 25.6. The fraction of sp³-hybridized carbons (Fsp3) is 0.0250. The van der Waals surface area contributed by atoms with Gasteiger partial charge in [0.1, 0.15) is 11.2 Å². The highest BCUT2D eigenvalue weighted by atomic mass is 32.2. The molecule has 2 heterocycles. The molecule has 0 amide bonds. The Balaban J connectivity index is 1.18. The highest BCUT2D eigenvalue weighted by Gasteiger charge is 2.16. The molecule has 6 heteroatoms. The number of furan rings is 1. The predicted molar refractivity (Wildman–Crippen MR) is 189 cm³/mol. The second-order valence-electron chi connectivity index (χ2n) is 11.1. The van der Waals surface area contributed by atoms with Crippen molar-refractivity contribution in [1.82, 2.24) is 15.0 Å². The van der Waals surface area contributed by atoms with Crippen molar-refractivity contribution in [2.75, 3.05) is 5.73 Å². The van der Waals surface area contributed by atoms with Crippen molar-refractivity contribution in [3.05, 3.63) is 151 Å². The van der Waals surface area contributed by atoms with Crippen LogP contribution in [0.2, 0.25) is 0 Å². The molecule has 220 valence electrons. The molecule has 0 radical (unpaired) electrons. The maximum Gasteiger partial charge on any atom is 0.164 e. The summed E-state index contributed by atoms with van der Waals surface area (Å²) in [6, 6.07) is 49.2. The number of nitrogens with two attached hydrogens (primary N) is 1. The van der Waals surface area contributed by atoms with E-state index in [1.165, 1.54) is 5.56 Å². The lowest BCUT2D eigenvalue weighted by Crippen LogP contribution is -2.00. The van der Waals surface area contributed by atoms with Gasteiger partial charge in [0, 0.05) is 43.8 Å². The highest BCUT2D eigenvalue weighted by Crippen LogP contribution is 2.38. The van der Waals surface area contributed by atoms with Gasteiger partial charge >= 0.3 is 0 Å². The summed E-state index contributed by atoms with van der Waals surface area (Å²) in [6.07, 6.45) is 0. The molecule has 0 aliphatic carbocycles. The van der Waals surface area contributed by atoms with E-state index in [1.54, 1.807) is 11.8 Å². The van der Waals surface area contributed by atoms with Gasteiger partial charge in [-0.05, 0) is 41.0 Å². The molecule has 0 unspecified atom stereocenters. The van der Waals surface area contributed by atoms with Crippen molar-refractivity contribution in [2.45, 2.75) is 10.6 Å². The summed E-state index contributed by atoms with van der Waals surface area (Å²) < 4.78 is 6.41. The number of hydrogen-bond acceptors (Lipinski definition) is 6. The second-order valence-corrected chi connectivity index (χ2v) is 12.1. The summed E-state index contributed by atoms with van der Waals surface area (Å²) >= 11 is 1.71. The van der Waals surface area contributed by atoms with Crippen molar-refractivity contribution in [2.24, 2.45) is 0 Å². The molecule has 2 N–H and O–H groups in total. The minimum atomic E-state index is 0.581. The van der Waals surface area contributed by atoms with Crippen LogP contribution >= 0.6 is 11.8 Å². The maximum atomic E-state index is 6.52. The average molecular weight is 613 g/mol. The van der Waals surface area contributed by atoms with Crippen LogP contribution < -0.4 is 5.73 Å². The van der Waals surface area contributed by atoms with E-state index >= 15 is 0 Å². The standard InChI is InChI=1S/C40H28N4OS/c41-34-23-33-32-21-20-31(22-35(32)45-36(33)24-37(34)46-25-26-10-4-1-5-11-26)40-43-38(29-14-8-3-9-15-29)42-39(44-40)30-18-16-28(17-19-30)27-12-6-2-7-13-27/h1-24H,25,41H2. The lowest BCUT2D eigenvalue weighted by atomic mass is 10.0. The molecule has 0 spiro atoms. The molecule has 0 aliphatic rings. The molecular weight excluding hydrogens is 585 g/mol. The molecule has 0 saturated heterocycles. The second kappa shape index (κ2) is 12.0. The van der Waals surface area contributed by atoms with Crippen LogP contribution in [-0.2, 0) is 5.75 Å². The molecule has 8 aromatic rings. The topological polar surface area (TPSA) is 77.8 Å². The number of aromatic nitrogens is 3. The van der Waals surface area contributed by atoms with Crippen LogP contribution in [0.1, 0.15) is 5.56 Å². The number of thioether (sulfide) groups is 1. The summed E-state index contributed by atoms with van der Waals surface area (Å²) in [7, 11) is 0. The van der Waals surface area contributed by atoms with E-state index in [0.29, 0.717) is 17.5 Å². The molecule has 2 aromatic heterocycles. The van der Waals surface area contributed by atoms with Crippen molar-refractivity contribution >= 4 is 39.4 Å². The first kappa shape index (κ1) is 27.8. The molecule has 0 bridgehead atoms. The van der Waals surface area contributed by atoms with E-state index in [1.807, 2.05) is 78.9 Å². The Morgan fingerprint density at radius 2 is 0.978 bits per heavy atom. The number of fused-ring (bicyclic) bond motifs is 3. The van der Waals surface area contributed by atoms with Gasteiger partial charge in [-0.25, -0.2) is 15.0 Å². The summed E-state index contributed by atoms with van der Waals surface area (Å²) in [5, 5.41) is 1.99. The van der Waals surface area contributed by atoms with E-state index in [2.05, 4.69) is 66.7 Å². The van der Waals surface area contributed by atoms with Crippen LogP contribution in [0.3, 0.4) is 0 Å². The number of nitrogen functional groups attached to an aromatic ring is 1. The fourth-order valence-electron chi connectivity index (χ4n) is 5.61. The lowest BCUT2D eigenvalue weighted by molar-refractivity contribution is 0.668. The summed E-state index contributed by atoms with van der Waals surface area (Å²) in [5.74, 6) is 2.64. The first-order chi connectivity index (χ1) is 22.7. The van der Waals surface area contributed by atoms with Gasteiger partial charge in [0.2, 0.25) is 0 Å². The highest BCUT2D eigenvalue weighted by molar-refractivity contribution is 7.98. The number of nitrogens with zero attached hydrogens (tertiary/aromatic N) is 3. The van der Waals surface area contributed by atoms with E-state index in [4.69, 9.17) is 25.1 Å². The molecule has 0 aliphatic heterocycles. The largest absolute Gasteiger partial charge is 0.456 e. The quantitative estimate of drug-likeness (QED) is 0.143. The predicted octanol–water partition coefficient (Wildman–Crippen LogP) is 10.3. The first-order valence-electron chi connectivity index (χ1n) is 15.1. The van der Waals surface area contributed by atoms with Crippen LogP contribution in [0.5, 0.6) is 0 Å². The van der Waals surface area contributed by atoms with Gasteiger partial charge in [-0.2, -0.15) is 0 Å². The van der Waals surface area contributed by atoms with E-state index in [9.17, 15) is 0 Å². The van der Waals surface area contributed by atoms with Gasteiger partial charge in [-0.15, -0.1) is 11.8 Å². The van der Waals surface area contributed by atoms with Gasteiger partial charge in [0.25, 0.3) is 0 Å². The summed E-state index contributed by atoms with van der Waals surface area (Å²) in [4.78, 5) is 15.8.